The fourth-order valence-corrected chi connectivity index (χ4v) is 4.23. The number of halogens is 3. The van der Waals surface area contributed by atoms with E-state index in [1.807, 2.05) is 0 Å². The maximum absolute atomic E-state index is 13.2. The van der Waals surface area contributed by atoms with Gasteiger partial charge in [0.15, 0.2) is 5.58 Å². The molecule has 1 unspecified atom stereocenters. The number of carbonyl (C=O) groups is 2. The highest BCUT2D eigenvalue weighted by Crippen LogP contribution is 2.32. The average Bonchev–Trinajstić information content (AvgIpc) is 3.42. The Balaban J connectivity index is 1.30. The zero-order chi connectivity index (χ0) is 28.7. The highest BCUT2D eigenvalue weighted by Gasteiger charge is 2.44. The molecular formula is C26H22F3N6O5+. The highest BCUT2D eigenvalue weighted by atomic mass is 19.4. The van der Waals surface area contributed by atoms with Gasteiger partial charge in [-0.25, -0.2) is 4.79 Å². The van der Waals surface area contributed by atoms with Gasteiger partial charge in [0, 0.05) is 32.3 Å². The Morgan fingerprint density at radius 1 is 1.07 bits per heavy atom. The van der Waals surface area contributed by atoms with Crippen LogP contribution in [0.3, 0.4) is 0 Å². The summed E-state index contributed by atoms with van der Waals surface area (Å²) in [5.74, 6) is -1.74. The average molecular weight is 555 g/mol. The van der Waals surface area contributed by atoms with Crippen molar-refractivity contribution in [3.63, 3.8) is 0 Å². The minimum Gasteiger partial charge on any atom is -0.408 e. The molecule has 11 nitrogen and oxygen atoms in total. The number of oxazole rings is 1. The number of aliphatic imine (C=N–C) groups is 1. The number of amides is 2. The van der Waals surface area contributed by atoms with Gasteiger partial charge in [-0.15, -0.1) is 17.8 Å². The van der Waals surface area contributed by atoms with Crippen molar-refractivity contribution in [3.05, 3.63) is 87.8 Å². The summed E-state index contributed by atoms with van der Waals surface area (Å²) in [6.07, 6.45) is -0.496. The monoisotopic (exact) mass is 555 g/mol. The molecule has 1 atom stereocenters. The van der Waals surface area contributed by atoms with Crippen LogP contribution in [0.25, 0.3) is 11.1 Å². The number of alkyl halides is 3. The summed E-state index contributed by atoms with van der Waals surface area (Å²) in [7, 11) is 3.19. The summed E-state index contributed by atoms with van der Waals surface area (Å²) in [6.45, 7) is 0.00615. The lowest BCUT2D eigenvalue weighted by Gasteiger charge is -2.28. The normalized spacial score (nSPS) is 18.1. The Labute approximate surface area is 224 Å². The number of aryl methyl sites for hydroxylation is 1. The number of carbonyl (C=O) groups excluding carboxylic acids is 2. The van der Waals surface area contributed by atoms with Gasteiger partial charge in [0.1, 0.15) is 18.5 Å². The first kappa shape index (κ1) is 26.6. The molecule has 1 aromatic heterocycles. The molecule has 3 aromatic rings. The number of rotatable bonds is 7. The van der Waals surface area contributed by atoms with Crippen molar-refractivity contribution in [2.45, 2.75) is 19.5 Å². The standard InChI is InChI=1S/C26H21F3N6O5/c1-34-19-11-16(6-7-21(19)39-25(34)38)14-30-23(36)18-12-20(35(2)22(33-18)8-9-32-35)24(37)31-13-15-4-3-5-17(10-15)40-26(27,28)29/h3-12H,13-14H2,1-2H3,(H-,30,31,36,37)/p+1. The van der Waals surface area contributed by atoms with Gasteiger partial charge in [0.25, 0.3) is 11.7 Å². The van der Waals surface area contributed by atoms with Crippen LogP contribution in [-0.2, 0) is 29.7 Å². The third kappa shape index (κ3) is 5.29. The van der Waals surface area contributed by atoms with Crippen LogP contribution >= 0.6 is 0 Å². The molecule has 2 N–H and O–H groups in total. The Morgan fingerprint density at radius 3 is 2.55 bits per heavy atom. The molecule has 2 amide bonds. The second kappa shape index (κ2) is 9.96. The summed E-state index contributed by atoms with van der Waals surface area (Å²) >= 11 is 0. The fourth-order valence-electron chi connectivity index (χ4n) is 4.23. The molecule has 14 heteroatoms. The molecule has 40 heavy (non-hydrogen) atoms. The molecule has 5 rings (SSSR count). The van der Waals surface area contributed by atoms with E-state index in [1.165, 1.54) is 29.0 Å². The van der Waals surface area contributed by atoms with Crippen molar-refractivity contribution < 1.29 is 36.5 Å². The molecule has 0 radical (unpaired) electrons. The predicted molar refractivity (Wildman–Crippen MR) is 137 cm³/mol. The van der Waals surface area contributed by atoms with E-state index >= 15 is 0 Å². The van der Waals surface area contributed by atoms with Crippen molar-refractivity contribution in [2.75, 3.05) is 7.05 Å². The molecule has 0 bridgehead atoms. The van der Waals surface area contributed by atoms with Gasteiger partial charge in [-0.3, -0.25) is 14.2 Å². The van der Waals surface area contributed by atoms with E-state index in [1.54, 1.807) is 38.4 Å². The quantitative estimate of drug-likeness (QED) is 0.434. The number of likely N-dealkylation sites (N-methyl/N-ethyl adjacent to an activating group) is 1. The van der Waals surface area contributed by atoms with Crippen LogP contribution in [0.5, 0.6) is 5.75 Å². The number of benzene rings is 2. The third-order valence-corrected chi connectivity index (χ3v) is 6.30. The van der Waals surface area contributed by atoms with Gasteiger partial charge >= 0.3 is 18.0 Å². The minimum absolute atomic E-state index is 0.0325. The Kier molecular flexibility index (Phi) is 6.63. The van der Waals surface area contributed by atoms with Crippen LogP contribution in [-0.4, -0.2) is 46.3 Å². The predicted octanol–water partition coefficient (Wildman–Crippen LogP) is 2.59. The van der Waals surface area contributed by atoms with E-state index in [0.717, 1.165) is 12.1 Å². The summed E-state index contributed by atoms with van der Waals surface area (Å²) in [5.41, 5.74) is 2.11. The lowest BCUT2D eigenvalue weighted by molar-refractivity contribution is -0.834. The molecule has 3 heterocycles. The van der Waals surface area contributed by atoms with E-state index in [2.05, 4.69) is 25.5 Å². The number of nitrogens with zero attached hydrogens (tertiary/aromatic N) is 4. The molecule has 0 aliphatic carbocycles. The van der Waals surface area contributed by atoms with Crippen LogP contribution in [0.4, 0.5) is 13.2 Å². The third-order valence-electron chi connectivity index (χ3n) is 6.30. The van der Waals surface area contributed by atoms with Crippen molar-refractivity contribution in [2.24, 2.45) is 17.1 Å². The van der Waals surface area contributed by atoms with Crippen molar-refractivity contribution in [1.82, 2.24) is 15.2 Å². The van der Waals surface area contributed by atoms with Gasteiger partial charge in [-0.2, -0.15) is 4.99 Å². The lowest BCUT2D eigenvalue weighted by Crippen LogP contribution is -2.45. The number of quaternary nitrogens is 1. The number of hydrogen-bond donors (Lipinski definition) is 2. The van der Waals surface area contributed by atoms with Crippen LogP contribution in [0.1, 0.15) is 11.1 Å². The van der Waals surface area contributed by atoms with E-state index in [-0.39, 0.29) is 29.1 Å². The topological polar surface area (TPSA) is 127 Å². The maximum Gasteiger partial charge on any atom is 0.573 e. The zero-order valence-corrected chi connectivity index (χ0v) is 21.2. The summed E-state index contributed by atoms with van der Waals surface area (Å²) in [5, 5.41) is 9.70. The van der Waals surface area contributed by atoms with E-state index in [9.17, 15) is 27.6 Å². The SMILES string of the molecule is Cn1c(=O)oc2ccc(CNC(=O)C3=NC4=CC=N[N+]4(C)C(C(=O)NCc4cccc(OC(F)(F)F)c4)=C3)cc21. The number of allylic oxidation sites excluding steroid dienone is 1. The molecule has 2 aromatic carbocycles. The largest absolute Gasteiger partial charge is 0.573 e. The van der Waals surface area contributed by atoms with Crippen LogP contribution in [0.2, 0.25) is 0 Å². The molecule has 0 saturated carbocycles. The van der Waals surface area contributed by atoms with Gasteiger partial charge in [0.05, 0.1) is 11.7 Å². The summed E-state index contributed by atoms with van der Waals surface area (Å²) < 4.78 is 47.7. The van der Waals surface area contributed by atoms with Gasteiger partial charge in [0.2, 0.25) is 5.70 Å². The molecule has 2 aliphatic rings. The number of nitrogens with one attached hydrogen (secondary N) is 2. The molecule has 206 valence electrons. The summed E-state index contributed by atoms with van der Waals surface area (Å²) in [6, 6.07) is 10.3. The first-order valence-electron chi connectivity index (χ1n) is 11.9. The highest BCUT2D eigenvalue weighted by molar-refractivity contribution is 6.44. The second-order valence-corrected chi connectivity index (χ2v) is 9.06. The molecular weight excluding hydrogens is 533 g/mol. The first-order valence-corrected chi connectivity index (χ1v) is 11.9. The number of hydrogen-bond acceptors (Lipinski definition) is 7. The molecule has 0 saturated heterocycles. The first-order chi connectivity index (χ1) is 18.9. The Bertz CT molecular complexity index is 1720. The number of aromatic nitrogens is 1. The lowest BCUT2D eigenvalue weighted by atomic mass is 10.1. The van der Waals surface area contributed by atoms with Crippen molar-refractivity contribution >= 4 is 34.8 Å². The van der Waals surface area contributed by atoms with Crippen LogP contribution < -0.4 is 21.1 Å². The van der Waals surface area contributed by atoms with Gasteiger partial charge in [-0.05, 0) is 35.4 Å². The maximum atomic E-state index is 13.2. The van der Waals surface area contributed by atoms with Crippen LogP contribution in [0.15, 0.2) is 85.4 Å². The van der Waals surface area contributed by atoms with Gasteiger partial charge in [-0.1, -0.05) is 23.3 Å². The molecule has 2 aliphatic heterocycles. The van der Waals surface area contributed by atoms with Crippen molar-refractivity contribution in [1.29, 1.82) is 0 Å². The van der Waals surface area contributed by atoms with Crippen LogP contribution in [0, 0.1) is 0 Å². The Hall–Kier alpha value is -4.98. The number of ether oxygens (including phenoxy) is 1. The van der Waals surface area contributed by atoms with E-state index in [0.29, 0.717) is 28.0 Å². The second-order valence-electron chi connectivity index (χ2n) is 9.06. The van der Waals surface area contributed by atoms with E-state index in [4.69, 9.17) is 4.42 Å². The van der Waals surface area contributed by atoms with Gasteiger partial charge < -0.3 is 19.8 Å². The summed E-state index contributed by atoms with van der Waals surface area (Å²) in [4.78, 5) is 42.3. The smallest absolute Gasteiger partial charge is 0.408 e. The van der Waals surface area contributed by atoms with E-state index < -0.39 is 29.7 Å². The van der Waals surface area contributed by atoms with Crippen molar-refractivity contribution in [3.8, 4) is 5.75 Å². The molecule has 0 fully saturated rings. The Morgan fingerprint density at radius 2 is 1.80 bits per heavy atom. The fraction of sp³-hybridized carbons (Fsp3) is 0.192. The minimum atomic E-state index is -4.84. The number of fused-ring (bicyclic) bond motifs is 2. The molecule has 0 spiro atoms. The zero-order valence-electron chi connectivity index (χ0n) is 21.2.